The van der Waals surface area contributed by atoms with Crippen LogP contribution in [0.2, 0.25) is 0 Å². The minimum absolute atomic E-state index is 0.317. The first kappa shape index (κ1) is 21.8. The highest BCUT2D eigenvalue weighted by Gasteiger charge is 2.20. The van der Waals surface area contributed by atoms with Crippen molar-refractivity contribution in [1.29, 1.82) is 0 Å². The van der Waals surface area contributed by atoms with Crippen LogP contribution in [0.25, 0.3) is 0 Å². The zero-order valence-electron chi connectivity index (χ0n) is 17.8. The number of likely N-dealkylation sites (N-methyl/N-ethyl adjacent to an activating group) is 1. The molecule has 0 aliphatic heterocycles. The molecule has 2 aromatic rings. The molecule has 1 aromatic carbocycles. The van der Waals surface area contributed by atoms with Gasteiger partial charge in [0.15, 0.2) is 0 Å². The number of ether oxygens (including phenoxy) is 1. The maximum absolute atomic E-state index is 10.5. The van der Waals surface area contributed by atoms with Crippen LogP contribution in [0.1, 0.15) is 43.4 Å². The van der Waals surface area contributed by atoms with Crippen molar-refractivity contribution in [2.45, 2.75) is 57.3 Å². The topological polar surface area (TPSA) is 48.8 Å². The highest BCUT2D eigenvalue weighted by Crippen LogP contribution is 2.23. The van der Waals surface area contributed by atoms with E-state index in [0.29, 0.717) is 19.2 Å². The van der Waals surface area contributed by atoms with Gasteiger partial charge in [-0.15, -0.1) is 0 Å². The fraction of sp³-hybridized carbons (Fsp3) is 0.542. The van der Waals surface area contributed by atoms with Gasteiger partial charge in [0.1, 0.15) is 18.5 Å². The Balaban J connectivity index is 1.49. The van der Waals surface area contributed by atoms with Crippen LogP contribution in [0.15, 0.2) is 48.7 Å². The van der Waals surface area contributed by atoms with Gasteiger partial charge in [0.25, 0.3) is 0 Å². The van der Waals surface area contributed by atoms with Crippen LogP contribution in [-0.2, 0) is 13.1 Å². The molecule has 0 bridgehead atoms. The number of aliphatic hydroxyl groups excluding tert-OH is 1. The van der Waals surface area contributed by atoms with Crippen molar-refractivity contribution in [3.8, 4) is 5.75 Å². The molecule has 1 heterocycles. The third-order valence-corrected chi connectivity index (χ3v) is 5.70. The molecule has 0 unspecified atom stereocenters. The summed E-state index contributed by atoms with van der Waals surface area (Å²) in [6, 6.07) is 14.7. The van der Waals surface area contributed by atoms with Gasteiger partial charge in [0, 0.05) is 37.4 Å². The zero-order valence-corrected chi connectivity index (χ0v) is 17.8. The standard InChI is InChI=1S/C24H35N3O2/c1-26(17-21-11-8-9-15-25-21)16-20-10-6-7-14-24(20)29-19-23(28)18-27(2)22-12-4-3-5-13-22/h6-11,14-15,22-23,28H,3-5,12-13,16-19H2,1-2H3/t23-/m1/s1. The smallest absolute Gasteiger partial charge is 0.123 e. The lowest BCUT2D eigenvalue weighted by Crippen LogP contribution is -2.40. The molecule has 0 saturated heterocycles. The average molecular weight is 398 g/mol. The Hall–Kier alpha value is -1.95. The molecule has 29 heavy (non-hydrogen) atoms. The monoisotopic (exact) mass is 397 g/mol. The van der Waals surface area contributed by atoms with Gasteiger partial charge in [-0.25, -0.2) is 0 Å². The van der Waals surface area contributed by atoms with Crippen LogP contribution >= 0.6 is 0 Å². The van der Waals surface area contributed by atoms with E-state index in [2.05, 4.69) is 34.9 Å². The molecule has 3 rings (SSSR count). The van der Waals surface area contributed by atoms with Crippen molar-refractivity contribution in [3.63, 3.8) is 0 Å². The van der Waals surface area contributed by atoms with Crippen LogP contribution in [-0.4, -0.2) is 59.3 Å². The van der Waals surface area contributed by atoms with Gasteiger partial charge in [-0.3, -0.25) is 9.88 Å². The number of benzene rings is 1. The van der Waals surface area contributed by atoms with Gasteiger partial charge in [-0.05, 0) is 45.1 Å². The molecule has 0 spiro atoms. The Labute approximate surface area is 175 Å². The van der Waals surface area contributed by atoms with Crippen molar-refractivity contribution in [3.05, 3.63) is 59.9 Å². The maximum atomic E-state index is 10.5. The third kappa shape index (κ3) is 7.11. The van der Waals surface area contributed by atoms with E-state index in [1.165, 1.54) is 32.1 Å². The summed E-state index contributed by atoms with van der Waals surface area (Å²) in [5.74, 6) is 0.847. The third-order valence-electron chi connectivity index (χ3n) is 5.70. The largest absolute Gasteiger partial charge is 0.491 e. The molecule has 5 heteroatoms. The average Bonchev–Trinajstić information content (AvgIpc) is 2.74. The van der Waals surface area contributed by atoms with E-state index in [0.717, 1.165) is 30.1 Å². The summed E-state index contributed by atoms with van der Waals surface area (Å²) in [5, 5.41) is 10.5. The Morgan fingerprint density at radius 3 is 2.55 bits per heavy atom. The van der Waals surface area contributed by atoms with Gasteiger partial charge in [0.05, 0.1) is 5.69 Å². The lowest BCUT2D eigenvalue weighted by atomic mass is 9.94. The van der Waals surface area contributed by atoms with Crippen molar-refractivity contribution in [1.82, 2.24) is 14.8 Å². The molecule has 1 aliphatic rings. The number of rotatable bonds is 10. The highest BCUT2D eigenvalue weighted by molar-refractivity contribution is 5.33. The zero-order chi connectivity index (χ0) is 20.5. The lowest BCUT2D eigenvalue weighted by molar-refractivity contribution is 0.0556. The molecule has 1 aromatic heterocycles. The molecule has 5 nitrogen and oxygen atoms in total. The first-order chi connectivity index (χ1) is 14.1. The molecule has 0 amide bonds. The molecular weight excluding hydrogens is 362 g/mol. The number of aromatic nitrogens is 1. The van der Waals surface area contributed by atoms with Crippen LogP contribution in [0.5, 0.6) is 5.75 Å². The fourth-order valence-electron chi connectivity index (χ4n) is 4.13. The minimum Gasteiger partial charge on any atom is -0.491 e. The predicted molar refractivity (Wildman–Crippen MR) is 117 cm³/mol. The van der Waals surface area contributed by atoms with Crippen molar-refractivity contribution in [2.75, 3.05) is 27.2 Å². The Morgan fingerprint density at radius 2 is 1.79 bits per heavy atom. The Morgan fingerprint density at radius 1 is 1.03 bits per heavy atom. The quantitative estimate of drug-likeness (QED) is 0.662. The molecule has 1 saturated carbocycles. The highest BCUT2D eigenvalue weighted by atomic mass is 16.5. The van der Waals surface area contributed by atoms with Gasteiger partial charge in [-0.1, -0.05) is 43.5 Å². The van der Waals surface area contributed by atoms with E-state index < -0.39 is 6.10 Å². The van der Waals surface area contributed by atoms with Crippen molar-refractivity contribution >= 4 is 0 Å². The Bertz CT molecular complexity index is 719. The number of pyridine rings is 1. The minimum atomic E-state index is -0.485. The van der Waals surface area contributed by atoms with Gasteiger partial charge in [-0.2, -0.15) is 0 Å². The maximum Gasteiger partial charge on any atom is 0.123 e. The summed E-state index contributed by atoms with van der Waals surface area (Å²) in [4.78, 5) is 8.92. The van der Waals surface area contributed by atoms with Gasteiger partial charge in [0.2, 0.25) is 0 Å². The van der Waals surface area contributed by atoms with Crippen LogP contribution in [0, 0.1) is 0 Å². The molecule has 0 radical (unpaired) electrons. The first-order valence-electron chi connectivity index (χ1n) is 10.8. The number of hydrogen-bond donors (Lipinski definition) is 1. The van der Waals surface area contributed by atoms with Gasteiger partial charge < -0.3 is 14.7 Å². The predicted octanol–water partition coefficient (Wildman–Crippen LogP) is 3.72. The summed E-state index contributed by atoms with van der Waals surface area (Å²) in [7, 11) is 4.21. The molecule has 1 fully saturated rings. The molecule has 158 valence electrons. The van der Waals surface area contributed by atoms with E-state index in [1.807, 2.05) is 42.6 Å². The second-order valence-electron chi connectivity index (χ2n) is 8.30. The van der Waals surface area contributed by atoms with Crippen LogP contribution in [0.3, 0.4) is 0 Å². The summed E-state index contributed by atoms with van der Waals surface area (Å²) < 4.78 is 6.02. The van der Waals surface area contributed by atoms with E-state index in [-0.39, 0.29) is 0 Å². The van der Waals surface area contributed by atoms with E-state index in [1.54, 1.807) is 0 Å². The van der Waals surface area contributed by atoms with E-state index >= 15 is 0 Å². The second-order valence-corrected chi connectivity index (χ2v) is 8.30. The summed E-state index contributed by atoms with van der Waals surface area (Å²) in [6.45, 7) is 2.53. The second kappa shape index (κ2) is 11.3. The Kier molecular flexibility index (Phi) is 8.47. The lowest BCUT2D eigenvalue weighted by Gasteiger charge is -2.32. The van der Waals surface area contributed by atoms with E-state index in [9.17, 15) is 5.11 Å². The summed E-state index contributed by atoms with van der Waals surface area (Å²) >= 11 is 0. The summed E-state index contributed by atoms with van der Waals surface area (Å²) in [6.07, 6.45) is 7.79. The molecule has 1 atom stereocenters. The van der Waals surface area contributed by atoms with E-state index in [4.69, 9.17) is 4.74 Å². The first-order valence-corrected chi connectivity index (χ1v) is 10.8. The number of aliphatic hydroxyl groups is 1. The number of para-hydroxylation sites is 1. The van der Waals surface area contributed by atoms with Crippen LogP contribution < -0.4 is 4.74 Å². The number of nitrogens with zero attached hydrogens (tertiary/aromatic N) is 3. The fourth-order valence-corrected chi connectivity index (χ4v) is 4.13. The number of hydrogen-bond acceptors (Lipinski definition) is 5. The molecule has 1 aliphatic carbocycles. The molecular formula is C24H35N3O2. The summed E-state index contributed by atoms with van der Waals surface area (Å²) in [5.41, 5.74) is 2.17. The normalized spacial score (nSPS) is 16.3. The molecule has 1 N–H and O–H groups in total. The SMILES string of the molecule is CN(Cc1ccccn1)Cc1ccccc1OC[C@H](O)CN(C)C1CCCCC1. The van der Waals surface area contributed by atoms with Gasteiger partial charge >= 0.3 is 0 Å². The van der Waals surface area contributed by atoms with Crippen molar-refractivity contribution < 1.29 is 9.84 Å². The van der Waals surface area contributed by atoms with Crippen molar-refractivity contribution in [2.24, 2.45) is 0 Å². The van der Waals surface area contributed by atoms with Crippen LogP contribution in [0.4, 0.5) is 0 Å².